The Bertz CT molecular complexity index is 552. The smallest absolute Gasteiger partial charge is 0.168 e. The summed E-state index contributed by atoms with van der Waals surface area (Å²) < 4.78 is 5.65. The van der Waals surface area contributed by atoms with E-state index in [1.807, 2.05) is 26.0 Å². The van der Waals surface area contributed by atoms with Crippen molar-refractivity contribution in [3.8, 4) is 5.75 Å². The Labute approximate surface area is 111 Å². The Morgan fingerprint density at radius 2 is 2.00 bits per heavy atom. The van der Waals surface area contributed by atoms with Gasteiger partial charge in [-0.3, -0.25) is 0 Å². The van der Waals surface area contributed by atoms with Gasteiger partial charge in [0.25, 0.3) is 0 Å². The van der Waals surface area contributed by atoms with E-state index in [2.05, 4.69) is 9.97 Å². The summed E-state index contributed by atoms with van der Waals surface area (Å²) in [6, 6.07) is 7.22. The standard InChI is InChI=1S/C13H14ClN3O/c1-8-3-4-10(14)6-11(8)18-7-13-16-9(2)5-12(15)17-13/h3-6H,7H2,1-2H3,(H2,15,16,17). The predicted octanol–water partition coefficient (Wildman–Crippen LogP) is 2.91. The molecule has 0 saturated heterocycles. The van der Waals surface area contributed by atoms with Gasteiger partial charge in [-0.1, -0.05) is 17.7 Å². The molecule has 0 bridgehead atoms. The summed E-state index contributed by atoms with van der Waals surface area (Å²) in [5.41, 5.74) is 7.49. The molecule has 18 heavy (non-hydrogen) atoms. The van der Waals surface area contributed by atoms with E-state index in [4.69, 9.17) is 22.1 Å². The summed E-state index contributed by atoms with van der Waals surface area (Å²) in [7, 11) is 0. The Morgan fingerprint density at radius 1 is 1.22 bits per heavy atom. The first kappa shape index (κ1) is 12.6. The number of nitrogens with two attached hydrogens (primary N) is 1. The number of nitrogen functional groups attached to an aromatic ring is 1. The molecule has 0 spiro atoms. The first-order valence-corrected chi connectivity index (χ1v) is 5.91. The highest BCUT2D eigenvalue weighted by Crippen LogP contribution is 2.23. The van der Waals surface area contributed by atoms with Gasteiger partial charge >= 0.3 is 0 Å². The van der Waals surface area contributed by atoms with Crippen molar-refractivity contribution in [1.82, 2.24) is 9.97 Å². The van der Waals surface area contributed by atoms with E-state index in [9.17, 15) is 0 Å². The zero-order valence-corrected chi connectivity index (χ0v) is 11.0. The number of benzene rings is 1. The van der Waals surface area contributed by atoms with Gasteiger partial charge in [0.1, 0.15) is 18.2 Å². The predicted molar refractivity (Wildman–Crippen MR) is 71.7 cm³/mol. The van der Waals surface area contributed by atoms with Crippen molar-refractivity contribution in [2.45, 2.75) is 20.5 Å². The molecule has 1 aromatic carbocycles. The van der Waals surface area contributed by atoms with Gasteiger partial charge < -0.3 is 10.5 Å². The molecule has 0 saturated carbocycles. The number of anilines is 1. The molecule has 0 unspecified atom stereocenters. The number of halogens is 1. The minimum absolute atomic E-state index is 0.271. The maximum atomic E-state index is 5.92. The van der Waals surface area contributed by atoms with Crippen LogP contribution in [0.15, 0.2) is 24.3 Å². The maximum Gasteiger partial charge on any atom is 0.168 e. The summed E-state index contributed by atoms with van der Waals surface area (Å²) in [5, 5.41) is 0.639. The van der Waals surface area contributed by atoms with E-state index in [-0.39, 0.29) is 6.61 Å². The lowest BCUT2D eigenvalue weighted by atomic mass is 10.2. The average Bonchev–Trinajstić information content (AvgIpc) is 2.29. The molecule has 2 N–H and O–H groups in total. The fraction of sp³-hybridized carbons (Fsp3) is 0.231. The Hall–Kier alpha value is -1.81. The molecular weight excluding hydrogens is 250 g/mol. The number of aryl methyl sites for hydroxylation is 2. The minimum Gasteiger partial charge on any atom is -0.485 e. The average molecular weight is 264 g/mol. The number of hydrogen-bond donors (Lipinski definition) is 1. The molecule has 94 valence electrons. The summed E-state index contributed by atoms with van der Waals surface area (Å²) >= 11 is 5.92. The largest absolute Gasteiger partial charge is 0.485 e. The number of rotatable bonds is 3. The number of hydrogen-bond acceptors (Lipinski definition) is 4. The van der Waals surface area contributed by atoms with Gasteiger partial charge in [-0.15, -0.1) is 0 Å². The quantitative estimate of drug-likeness (QED) is 0.925. The van der Waals surface area contributed by atoms with Crippen LogP contribution in [0.1, 0.15) is 17.1 Å². The topological polar surface area (TPSA) is 61.0 Å². The fourth-order valence-electron chi connectivity index (χ4n) is 1.59. The molecule has 4 nitrogen and oxygen atoms in total. The summed E-state index contributed by atoms with van der Waals surface area (Å²) in [6.07, 6.45) is 0. The van der Waals surface area contributed by atoms with Crippen LogP contribution in [-0.4, -0.2) is 9.97 Å². The third-order valence-electron chi connectivity index (χ3n) is 2.43. The second-order valence-electron chi connectivity index (χ2n) is 4.05. The SMILES string of the molecule is Cc1cc(N)nc(COc2cc(Cl)ccc2C)n1. The highest BCUT2D eigenvalue weighted by Gasteiger charge is 2.04. The first-order chi connectivity index (χ1) is 8.54. The first-order valence-electron chi connectivity index (χ1n) is 5.53. The van der Waals surface area contributed by atoms with Crippen LogP contribution in [0.5, 0.6) is 5.75 Å². The van der Waals surface area contributed by atoms with Crippen molar-refractivity contribution in [2.75, 3.05) is 5.73 Å². The van der Waals surface area contributed by atoms with E-state index in [0.29, 0.717) is 16.7 Å². The van der Waals surface area contributed by atoms with Crippen molar-refractivity contribution in [1.29, 1.82) is 0 Å². The molecule has 0 aliphatic carbocycles. The normalized spacial score (nSPS) is 10.4. The molecule has 0 aliphatic heterocycles. The molecule has 2 aromatic rings. The van der Waals surface area contributed by atoms with Crippen LogP contribution >= 0.6 is 11.6 Å². The van der Waals surface area contributed by atoms with E-state index in [1.165, 1.54) is 0 Å². The second kappa shape index (κ2) is 5.23. The zero-order chi connectivity index (χ0) is 13.1. The lowest BCUT2D eigenvalue weighted by Gasteiger charge is -2.09. The van der Waals surface area contributed by atoms with Gasteiger partial charge in [-0.05, 0) is 31.5 Å². The van der Waals surface area contributed by atoms with E-state index in [0.717, 1.165) is 17.0 Å². The van der Waals surface area contributed by atoms with Gasteiger partial charge in [-0.2, -0.15) is 0 Å². The molecule has 0 aliphatic rings. The van der Waals surface area contributed by atoms with Gasteiger partial charge in [0.2, 0.25) is 0 Å². The Kier molecular flexibility index (Phi) is 3.67. The molecular formula is C13H14ClN3O. The summed E-state index contributed by atoms with van der Waals surface area (Å²) in [4.78, 5) is 8.36. The van der Waals surface area contributed by atoms with Crippen molar-refractivity contribution in [3.05, 3.63) is 46.4 Å². The van der Waals surface area contributed by atoms with Gasteiger partial charge in [-0.25, -0.2) is 9.97 Å². The fourth-order valence-corrected chi connectivity index (χ4v) is 1.75. The lowest BCUT2D eigenvalue weighted by Crippen LogP contribution is -2.05. The monoisotopic (exact) mass is 263 g/mol. The molecule has 2 rings (SSSR count). The number of nitrogens with zero attached hydrogens (tertiary/aromatic N) is 2. The van der Waals surface area contributed by atoms with Crippen LogP contribution in [0.25, 0.3) is 0 Å². The highest BCUT2D eigenvalue weighted by atomic mass is 35.5. The van der Waals surface area contributed by atoms with Crippen LogP contribution < -0.4 is 10.5 Å². The summed E-state index contributed by atoms with van der Waals surface area (Å²) in [6.45, 7) is 4.09. The van der Waals surface area contributed by atoms with Crippen LogP contribution in [0, 0.1) is 13.8 Å². The molecule has 0 amide bonds. The van der Waals surface area contributed by atoms with Crippen molar-refractivity contribution in [2.24, 2.45) is 0 Å². The highest BCUT2D eigenvalue weighted by molar-refractivity contribution is 6.30. The molecule has 1 heterocycles. The zero-order valence-electron chi connectivity index (χ0n) is 10.3. The van der Waals surface area contributed by atoms with Crippen LogP contribution in [0.2, 0.25) is 5.02 Å². The van der Waals surface area contributed by atoms with Crippen LogP contribution in [-0.2, 0) is 6.61 Å². The summed E-state index contributed by atoms with van der Waals surface area (Å²) in [5.74, 6) is 1.74. The number of ether oxygens (including phenoxy) is 1. The molecule has 0 fully saturated rings. The van der Waals surface area contributed by atoms with E-state index < -0.39 is 0 Å². The van der Waals surface area contributed by atoms with Crippen molar-refractivity contribution < 1.29 is 4.74 Å². The van der Waals surface area contributed by atoms with E-state index in [1.54, 1.807) is 12.1 Å². The molecule has 1 aromatic heterocycles. The lowest BCUT2D eigenvalue weighted by molar-refractivity contribution is 0.294. The minimum atomic E-state index is 0.271. The maximum absolute atomic E-state index is 5.92. The molecule has 5 heteroatoms. The molecule has 0 radical (unpaired) electrons. The van der Waals surface area contributed by atoms with Crippen LogP contribution in [0.4, 0.5) is 5.82 Å². The Balaban J connectivity index is 2.13. The van der Waals surface area contributed by atoms with Gasteiger partial charge in [0.15, 0.2) is 5.82 Å². The third-order valence-corrected chi connectivity index (χ3v) is 2.66. The Morgan fingerprint density at radius 3 is 2.72 bits per heavy atom. The van der Waals surface area contributed by atoms with Crippen molar-refractivity contribution in [3.63, 3.8) is 0 Å². The number of aromatic nitrogens is 2. The van der Waals surface area contributed by atoms with Gasteiger partial charge in [0.05, 0.1) is 0 Å². The van der Waals surface area contributed by atoms with Gasteiger partial charge in [0, 0.05) is 16.8 Å². The third kappa shape index (κ3) is 3.11. The second-order valence-corrected chi connectivity index (χ2v) is 4.49. The molecule has 0 atom stereocenters. The van der Waals surface area contributed by atoms with Crippen molar-refractivity contribution >= 4 is 17.4 Å². The van der Waals surface area contributed by atoms with Crippen LogP contribution in [0.3, 0.4) is 0 Å². The van der Waals surface area contributed by atoms with E-state index >= 15 is 0 Å².